The largest absolute Gasteiger partial charge is 0.269 e. The molecule has 3 unspecified atom stereocenters. The smallest absolute Gasteiger partial charge is 0.230 e. The fourth-order valence-electron chi connectivity index (χ4n) is 3.45. The van der Waals surface area contributed by atoms with Crippen LogP contribution >= 0.6 is 51.2 Å². The first-order valence-electron chi connectivity index (χ1n) is 13.4. The molecule has 4 heterocycles. The Hall–Kier alpha value is -0.380. The van der Waals surface area contributed by atoms with Crippen LogP contribution in [0.2, 0.25) is 0 Å². The Morgan fingerprint density at radius 1 is 0.531 bits per heavy atom. The van der Waals surface area contributed by atoms with Gasteiger partial charge in [0.1, 0.15) is 11.0 Å². The van der Waals surface area contributed by atoms with Crippen molar-refractivity contribution in [3.05, 3.63) is 24.3 Å². The van der Waals surface area contributed by atoms with Gasteiger partial charge >= 0.3 is 99.0 Å². The second-order valence-corrected chi connectivity index (χ2v) is 19.1. The number of fused-ring (bicyclic) bond motifs is 1. The topological polar surface area (TPSA) is 49.7 Å². The minimum absolute atomic E-state index is 0.169. The average molecular weight is 880 g/mol. The molecular weight excluding hydrogens is 844 g/mol. The van der Waals surface area contributed by atoms with E-state index in [2.05, 4.69) is 24.3 Å². The minimum atomic E-state index is -10.7. The van der Waals surface area contributed by atoms with Crippen LogP contribution in [0.15, 0.2) is 24.3 Å². The van der Waals surface area contributed by atoms with Gasteiger partial charge in [-0.05, 0) is 60.7 Å². The quantitative estimate of drug-likeness (QED) is 0.226. The molecule has 1 aromatic carbocycles. The van der Waals surface area contributed by atoms with Gasteiger partial charge in [0.05, 0.1) is 0 Å². The summed E-state index contributed by atoms with van der Waals surface area (Å²) in [6, 6.07) is 7.83. The van der Waals surface area contributed by atoms with Gasteiger partial charge in [-0.3, -0.25) is 0 Å². The summed E-state index contributed by atoms with van der Waals surface area (Å²) in [4.78, 5) is 1.54. The van der Waals surface area contributed by atoms with Crippen molar-refractivity contribution < 1.29 is 80.2 Å². The number of halogens is 18. The van der Waals surface area contributed by atoms with Crippen molar-refractivity contribution >= 4 is 62.2 Å². The maximum Gasteiger partial charge on any atom is 0.269 e. The Balaban J connectivity index is 0.000000601. The van der Waals surface area contributed by atoms with E-state index < -0.39 is 23.4 Å². The Morgan fingerprint density at radius 3 is 1.14 bits per heavy atom. The maximum absolute atomic E-state index is 10.7. The van der Waals surface area contributed by atoms with E-state index in [1.165, 1.54) is 64.7 Å². The number of hydrogen-bond donors (Lipinski definition) is 0. The molecule has 3 aliphatic heterocycles. The van der Waals surface area contributed by atoms with Crippen molar-refractivity contribution in [3.8, 4) is 0 Å². The molecule has 31 heteroatoms. The standard InChI is InChI=1S/C10H13N4OP.2C4H10NP.3F6P/c1-2-6-10-9(5-1)11-12-14(10)15-16-13-7-3-4-8-13;2*6-5-3-1-2-4-5;3*1-7(2,3,4,5)6/h1-2,5-6,16H,3-4,7-8H2;2*1-4,6H2;;;/q;;;3*-1/p+3. The Bertz CT molecular complexity index is 1180. The van der Waals surface area contributed by atoms with E-state index in [0.717, 1.165) is 24.1 Å². The molecule has 0 N–H and O–H groups in total. The molecule has 0 aliphatic carbocycles. The Kier molecular flexibility index (Phi) is 15.0. The molecule has 0 bridgehead atoms. The summed E-state index contributed by atoms with van der Waals surface area (Å²) >= 11 is 0. The predicted octanol–water partition coefficient (Wildman–Crippen LogP) is 12.6. The second-order valence-electron chi connectivity index (χ2n) is 10.4. The second kappa shape index (κ2) is 15.2. The summed E-state index contributed by atoms with van der Waals surface area (Å²) < 4.78 is 190. The SMILES string of the molecule is F[P-](F)(F)(F)(F)F.F[P-](F)(F)(F)(F)F.F[P-](F)(F)(F)(F)F.[PH3+]N1CCCC1.[PH3+]N1CCCC1.c1ccc2c(c1)nnn2O[PH2+]N1CCCC1. The molecule has 3 atom stereocenters. The van der Waals surface area contributed by atoms with Gasteiger partial charge in [-0.15, -0.1) is 9.77 Å². The minimum Gasteiger partial charge on any atom is -0.230 e. The van der Waals surface area contributed by atoms with Crippen LogP contribution in [0.3, 0.4) is 0 Å². The average Bonchev–Trinajstić information content (AvgIpc) is 3.61. The van der Waals surface area contributed by atoms with Gasteiger partial charge in [-0.25, -0.2) is 4.62 Å². The van der Waals surface area contributed by atoms with E-state index in [-0.39, 0.29) is 8.96 Å². The molecule has 3 fully saturated rings. The van der Waals surface area contributed by atoms with E-state index in [4.69, 9.17) is 4.62 Å². The molecule has 0 spiro atoms. The van der Waals surface area contributed by atoms with Crippen molar-refractivity contribution in [1.82, 2.24) is 29.2 Å². The van der Waals surface area contributed by atoms with Crippen molar-refractivity contribution in [2.75, 3.05) is 39.3 Å². The van der Waals surface area contributed by atoms with Gasteiger partial charge in [0.15, 0.2) is 0 Å². The van der Waals surface area contributed by atoms with Crippen LogP contribution in [-0.4, -0.2) is 68.4 Å². The van der Waals surface area contributed by atoms with E-state index in [0.29, 0.717) is 0 Å². The van der Waals surface area contributed by atoms with Crippen molar-refractivity contribution in [1.29, 1.82) is 0 Å². The Labute approximate surface area is 273 Å². The zero-order chi connectivity index (χ0) is 38.8. The van der Waals surface area contributed by atoms with E-state index in [1.54, 1.807) is 4.85 Å². The third kappa shape index (κ3) is 47.6. The number of hydrogen-bond acceptors (Lipinski definition) is 6. The number of aromatic nitrogens is 3. The number of nitrogens with zero attached hydrogens (tertiary/aromatic N) is 6. The molecule has 49 heavy (non-hydrogen) atoms. The van der Waals surface area contributed by atoms with Crippen LogP contribution in [0.25, 0.3) is 11.0 Å². The molecular formula is C18H36F18N6OP6. The molecule has 5 rings (SSSR count). The molecule has 2 aromatic rings. The van der Waals surface area contributed by atoms with Gasteiger partial charge in [0.25, 0.3) is 8.96 Å². The van der Waals surface area contributed by atoms with E-state index in [9.17, 15) is 75.5 Å². The molecule has 3 saturated heterocycles. The van der Waals surface area contributed by atoms with Gasteiger partial charge in [-0.2, -0.15) is 9.34 Å². The normalized spacial score (nSPS) is 22.1. The summed E-state index contributed by atoms with van der Waals surface area (Å²) in [5.41, 5.74) is 1.82. The van der Waals surface area contributed by atoms with Gasteiger partial charge in [-0.1, -0.05) is 12.1 Å². The maximum atomic E-state index is 9.87. The first kappa shape index (κ1) is 48.6. The molecule has 3 aliphatic rings. The third-order valence-electron chi connectivity index (χ3n) is 5.16. The van der Waals surface area contributed by atoms with Gasteiger partial charge in [0, 0.05) is 58.0 Å². The van der Waals surface area contributed by atoms with Crippen LogP contribution in [0.4, 0.5) is 75.5 Å². The molecule has 7 nitrogen and oxygen atoms in total. The van der Waals surface area contributed by atoms with Crippen LogP contribution in [-0.2, 0) is 0 Å². The van der Waals surface area contributed by atoms with E-state index >= 15 is 0 Å². The number of para-hydroxylation sites is 1. The van der Waals surface area contributed by atoms with Gasteiger partial charge in [0.2, 0.25) is 0 Å². The fraction of sp³-hybridized carbons (Fsp3) is 0.667. The summed E-state index contributed by atoms with van der Waals surface area (Å²) in [7, 11) is -28.1. The van der Waals surface area contributed by atoms with Gasteiger partial charge < -0.3 is 0 Å². The molecule has 300 valence electrons. The number of rotatable bonds is 3. The molecule has 0 saturated carbocycles. The van der Waals surface area contributed by atoms with E-state index in [1.807, 2.05) is 43.0 Å². The van der Waals surface area contributed by atoms with Crippen LogP contribution in [0.5, 0.6) is 0 Å². The molecule has 0 radical (unpaired) electrons. The first-order chi connectivity index (χ1) is 21.1. The zero-order valence-electron chi connectivity index (χ0n) is 25.0. The first-order valence-corrected chi connectivity index (χ1v) is 21.8. The third-order valence-corrected chi connectivity index (χ3v) is 7.53. The predicted molar refractivity (Wildman–Crippen MR) is 169 cm³/mol. The van der Waals surface area contributed by atoms with Crippen molar-refractivity contribution in [3.63, 3.8) is 0 Å². The van der Waals surface area contributed by atoms with Crippen LogP contribution in [0, 0.1) is 0 Å². The monoisotopic (exact) mass is 880 g/mol. The fourth-order valence-corrected chi connectivity index (χ4v) is 5.30. The molecule has 0 amide bonds. The van der Waals surface area contributed by atoms with Crippen molar-refractivity contribution in [2.24, 2.45) is 0 Å². The van der Waals surface area contributed by atoms with Crippen LogP contribution in [0.1, 0.15) is 38.5 Å². The zero-order valence-corrected chi connectivity index (χ0v) is 31.7. The summed E-state index contributed by atoms with van der Waals surface area (Å²) in [5, 5.41) is 8.04. The van der Waals surface area contributed by atoms with Crippen LogP contribution < -0.4 is 4.62 Å². The summed E-state index contributed by atoms with van der Waals surface area (Å²) in [6.07, 6.45) is 8.25. The summed E-state index contributed by atoms with van der Waals surface area (Å²) in [5.74, 6) is 0. The summed E-state index contributed by atoms with van der Waals surface area (Å²) in [6.45, 7) is 7.64. The number of benzene rings is 1. The molecule has 1 aromatic heterocycles. The van der Waals surface area contributed by atoms with Crippen molar-refractivity contribution in [2.45, 2.75) is 38.5 Å². The Morgan fingerprint density at radius 2 is 0.837 bits per heavy atom.